The van der Waals surface area contributed by atoms with Crippen LogP contribution in [0.3, 0.4) is 0 Å². The Morgan fingerprint density at radius 1 is 1.02 bits per heavy atom. The highest BCUT2D eigenvalue weighted by atomic mass is 19.1. The van der Waals surface area contributed by atoms with Gasteiger partial charge in [-0.2, -0.15) is 4.98 Å². The molecule has 4 aromatic rings. The first kappa shape index (κ1) is 38.0. The van der Waals surface area contributed by atoms with E-state index in [9.17, 15) is 9.59 Å². The molecule has 1 aromatic heterocycles. The number of amides is 2. The zero-order valence-corrected chi connectivity index (χ0v) is 30.9. The fourth-order valence-electron chi connectivity index (χ4n) is 6.34. The molecule has 2 heterocycles. The molecule has 2 N–H and O–H groups in total. The number of para-hydroxylation sites is 1. The van der Waals surface area contributed by atoms with Gasteiger partial charge in [0.05, 0.1) is 13.7 Å². The van der Waals surface area contributed by atoms with E-state index < -0.39 is 11.7 Å². The maximum absolute atomic E-state index is 15.2. The van der Waals surface area contributed by atoms with Crippen molar-refractivity contribution >= 4 is 29.1 Å². The summed E-state index contributed by atoms with van der Waals surface area (Å²) in [6.45, 7) is 11.5. The highest BCUT2D eigenvalue weighted by Crippen LogP contribution is 2.35. The van der Waals surface area contributed by atoms with E-state index in [4.69, 9.17) is 14.2 Å². The monoisotopic (exact) mass is 712 g/mol. The molecule has 0 aliphatic carbocycles. The van der Waals surface area contributed by atoms with Gasteiger partial charge in [0.25, 0.3) is 5.91 Å². The summed E-state index contributed by atoms with van der Waals surface area (Å²) in [6.07, 6.45) is 4.41. The molecule has 1 fully saturated rings. The second-order valence-corrected chi connectivity index (χ2v) is 13.1. The van der Waals surface area contributed by atoms with Crippen LogP contribution in [-0.4, -0.2) is 78.5 Å². The van der Waals surface area contributed by atoms with E-state index >= 15 is 4.39 Å². The fraction of sp³-hybridized carbons (Fsp3) is 0.400. The smallest absolute Gasteiger partial charge is 0.262 e. The van der Waals surface area contributed by atoms with Crippen molar-refractivity contribution in [1.82, 2.24) is 19.8 Å². The normalized spacial score (nSPS) is 14.4. The quantitative estimate of drug-likeness (QED) is 0.129. The Balaban J connectivity index is 1.38. The lowest BCUT2D eigenvalue weighted by Crippen LogP contribution is -2.34. The number of rotatable bonds is 15. The number of likely N-dealkylation sites (tertiary alicyclic amines) is 1. The van der Waals surface area contributed by atoms with Crippen molar-refractivity contribution in [1.29, 1.82) is 0 Å². The molecule has 52 heavy (non-hydrogen) atoms. The van der Waals surface area contributed by atoms with Crippen molar-refractivity contribution in [2.24, 2.45) is 5.92 Å². The number of carbonyl (C=O) groups is 2. The third kappa shape index (κ3) is 9.75. The van der Waals surface area contributed by atoms with E-state index in [-0.39, 0.29) is 29.0 Å². The van der Waals surface area contributed by atoms with Crippen LogP contribution < -0.4 is 24.8 Å². The average molecular weight is 713 g/mol. The first-order valence-electron chi connectivity index (χ1n) is 17.8. The van der Waals surface area contributed by atoms with Gasteiger partial charge >= 0.3 is 0 Å². The largest absolute Gasteiger partial charge is 0.493 e. The number of methoxy groups -OCH3 is 1. The summed E-state index contributed by atoms with van der Waals surface area (Å²) >= 11 is 0. The van der Waals surface area contributed by atoms with Gasteiger partial charge in [0, 0.05) is 55.6 Å². The number of anilines is 3. The number of aryl methyl sites for hydroxylation is 3. The van der Waals surface area contributed by atoms with Gasteiger partial charge in [-0.15, -0.1) is 0 Å². The minimum absolute atomic E-state index is 0.0399. The summed E-state index contributed by atoms with van der Waals surface area (Å²) < 4.78 is 32.9. The van der Waals surface area contributed by atoms with Gasteiger partial charge < -0.3 is 34.6 Å². The molecule has 3 aromatic carbocycles. The van der Waals surface area contributed by atoms with Gasteiger partial charge in [0.2, 0.25) is 17.7 Å². The second kappa shape index (κ2) is 17.8. The number of benzene rings is 3. The predicted molar refractivity (Wildman–Crippen MR) is 201 cm³/mol. The summed E-state index contributed by atoms with van der Waals surface area (Å²) in [6, 6.07) is 15.7. The van der Waals surface area contributed by atoms with Crippen molar-refractivity contribution in [3.63, 3.8) is 0 Å². The Morgan fingerprint density at radius 2 is 1.77 bits per heavy atom. The van der Waals surface area contributed by atoms with Crippen LogP contribution in [0.5, 0.6) is 23.1 Å². The number of hydrogen-bond acceptors (Lipinski definition) is 9. The van der Waals surface area contributed by atoms with Gasteiger partial charge in [-0.3, -0.25) is 9.59 Å². The van der Waals surface area contributed by atoms with Crippen molar-refractivity contribution in [3.05, 3.63) is 88.9 Å². The van der Waals surface area contributed by atoms with Crippen molar-refractivity contribution in [3.8, 4) is 23.1 Å². The number of nitrogens with one attached hydrogen (secondary N) is 2. The topological polar surface area (TPSA) is 118 Å². The van der Waals surface area contributed by atoms with Crippen LogP contribution in [0.1, 0.15) is 60.2 Å². The molecular weight excluding hydrogens is 663 g/mol. The minimum Gasteiger partial charge on any atom is -0.493 e. The summed E-state index contributed by atoms with van der Waals surface area (Å²) in [4.78, 5) is 39.3. The molecule has 5 rings (SSSR count). The van der Waals surface area contributed by atoms with Crippen LogP contribution in [0.25, 0.3) is 0 Å². The standard InChI is InChI=1S/C40H49FN6O5/c1-7-47(8-2)36(48)19-15-28-14-17-34(35(21-28)50-6)52-39-31(38(49)44-37-26(3)11-9-12-27(37)4)23-42-40(45-39)43-30-16-18-33(32(41)22-30)51-25-29-13-10-20-46(5)24-29/h9,11-12,14,16-18,21-23,29H,7-8,10,13,15,19-20,24-25H2,1-6H3,(H,44,49)(H,42,43,45). The zero-order valence-electron chi connectivity index (χ0n) is 30.9. The summed E-state index contributed by atoms with van der Waals surface area (Å²) in [5.41, 5.74) is 3.83. The number of carbonyl (C=O) groups excluding carboxylic acids is 2. The van der Waals surface area contributed by atoms with Crippen LogP contribution in [0, 0.1) is 25.6 Å². The van der Waals surface area contributed by atoms with Crippen LogP contribution >= 0.6 is 0 Å². The van der Waals surface area contributed by atoms with Crippen LogP contribution in [0.15, 0.2) is 60.8 Å². The van der Waals surface area contributed by atoms with Crippen LogP contribution in [0.4, 0.5) is 21.7 Å². The summed E-state index contributed by atoms with van der Waals surface area (Å²) in [5, 5.41) is 6.00. The third-order valence-corrected chi connectivity index (χ3v) is 9.28. The first-order chi connectivity index (χ1) is 25.1. The van der Waals surface area contributed by atoms with E-state index in [0.29, 0.717) is 61.3 Å². The molecule has 0 saturated carbocycles. The lowest BCUT2D eigenvalue weighted by molar-refractivity contribution is -0.130. The molecule has 2 amide bonds. The highest BCUT2D eigenvalue weighted by Gasteiger charge is 2.22. The molecule has 1 unspecified atom stereocenters. The van der Waals surface area contributed by atoms with E-state index in [1.807, 2.05) is 52.0 Å². The van der Waals surface area contributed by atoms with Gasteiger partial charge in [-0.05, 0) is 102 Å². The number of aromatic nitrogens is 2. The van der Waals surface area contributed by atoms with E-state index in [0.717, 1.165) is 42.6 Å². The SMILES string of the molecule is CCN(CC)C(=O)CCc1ccc(Oc2nc(Nc3ccc(OCC4CCCN(C)C4)c(F)c3)ncc2C(=O)Nc2c(C)cccc2C)c(OC)c1. The van der Waals surface area contributed by atoms with Gasteiger partial charge in [0.15, 0.2) is 23.1 Å². The number of piperidine rings is 1. The van der Waals surface area contributed by atoms with Gasteiger partial charge in [-0.1, -0.05) is 24.3 Å². The third-order valence-electron chi connectivity index (χ3n) is 9.28. The van der Waals surface area contributed by atoms with E-state index in [1.54, 1.807) is 29.2 Å². The molecule has 0 radical (unpaired) electrons. The molecule has 0 bridgehead atoms. The predicted octanol–water partition coefficient (Wildman–Crippen LogP) is 7.55. The first-order valence-corrected chi connectivity index (χ1v) is 17.8. The molecule has 1 aliphatic heterocycles. The van der Waals surface area contributed by atoms with E-state index in [2.05, 4.69) is 32.5 Å². The molecule has 0 spiro atoms. The lowest BCUT2D eigenvalue weighted by Gasteiger charge is -2.29. The number of halogens is 1. The summed E-state index contributed by atoms with van der Waals surface area (Å²) in [7, 11) is 3.60. The molecule has 1 atom stereocenters. The Hall–Kier alpha value is -5.23. The van der Waals surface area contributed by atoms with Gasteiger partial charge in [0.1, 0.15) is 5.56 Å². The molecule has 1 saturated heterocycles. The molecular formula is C40H49FN6O5. The Kier molecular flexibility index (Phi) is 13.0. The van der Waals surface area contributed by atoms with Gasteiger partial charge in [-0.25, -0.2) is 9.37 Å². The van der Waals surface area contributed by atoms with Crippen LogP contribution in [0.2, 0.25) is 0 Å². The van der Waals surface area contributed by atoms with Crippen molar-refractivity contribution in [2.75, 3.05) is 57.6 Å². The van der Waals surface area contributed by atoms with Crippen molar-refractivity contribution < 1.29 is 28.2 Å². The molecule has 12 heteroatoms. The average Bonchev–Trinajstić information content (AvgIpc) is 3.13. The van der Waals surface area contributed by atoms with Crippen molar-refractivity contribution in [2.45, 2.75) is 53.4 Å². The number of nitrogens with zero attached hydrogens (tertiary/aromatic N) is 4. The Morgan fingerprint density at radius 3 is 2.46 bits per heavy atom. The number of ether oxygens (including phenoxy) is 3. The molecule has 11 nitrogen and oxygen atoms in total. The second-order valence-electron chi connectivity index (χ2n) is 13.1. The maximum atomic E-state index is 15.2. The minimum atomic E-state index is -0.515. The highest BCUT2D eigenvalue weighted by molar-refractivity contribution is 6.06. The Labute approximate surface area is 305 Å². The number of hydrogen-bond donors (Lipinski definition) is 2. The molecule has 1 aliphatic rings. The fourth-order valence-corrected chi connectivity index (χ4v) is 6.34. The molecule has 276 valence electrons. The Bertz CT molecular complexity index is 1850. The maximum Gasteiger partial charge on any atom is 0.262 e. The summed E-state index contributed by atoms with van der Waals surface area (Å²) in [5.74, 6) is 0.382. The van der Waals surface area contributed by atoms with Crippen LogP contribution in [-0.2, 0) is 11.2 Å². The van der Waals surface area contributed by atoms with E-state index in [1.165, 1.54) is 19.4 Å². The zero-order chi connectivity index (χ0) is 37.2. The lowest BCUT2D eigenvalue weighted by atomic mass is 10.00.